The molecule has 0 saturated heterocycles. The molecule has 0 aliphatic carbocycles. The Hall–Kier alpha value is -0.720. The van der Waals surface area contributed by atoms with Gasteiger partial charge in [-0.05, 0) is 12.1 Å². The fourth-order valence-corrected chi connectivity index (χ4v) is 3.30. The third kappa shape index (κ3) is 8.45. The maximum Gasteiger partial charge on any atom is 0.339 e. The average Bonchev–Trinajstić information content (AvgIpc) is 2.25. The number of rotatable bonds is 8. The first kappa shape index (κ1) is 17.3. The van der Waals surface area contributed by atoms with Gasteiger partial charge in [0, 0.05) is 18.8 Å². The first-order valence-corrected chi connectivity index (χ1v) is 9.36. The molecule has 0 heterocycles. The van der Waals surface area contributed by atoms with Crippen molar-refractivity contribution >= 4 is 20.9 Å². The molecule has 0 aromatic heterocycles. The third-order valence-corrected chi connectivity index (χ3v) is 3.84. The smallest absolute Gasteiger partial charge is 0.339 e. The number of hydrogen-bond acceptors (Lipinski definition) is 4. The first-order chi connectivity index (χ1) is 9.16. The zero-order chi connectivity index (χ0) is 15.2. The van der Waals surface area contributed by atoms with Crippen LogP contribution in [0, 0.1) is 0 Å². The Morgan fingerprint density at radius 1 is 0.950 bits per heavy atom. The number of benzene rings is 1. The van der Waals surface area contributed by atoms with Crippen molar-refractivity contribution in [2.24, 2.45) is 0 Å². The molecule has 0 atom stereocenters. The van der Waals surface area contributed by atoms with E-state index in [0.29, 0.717) is 6.54 Å². The molecule has 0 spiro atoms. The summed E-state index contributed by atoms with van der Waals surface area (Å²) < 4.78 is 21.9. The van der Waals surface area contributed by atoms with Crippen molar-refractivity contribution in [2.45, 2.75) is 0 Å². The van der Waals surface area contributed by atoms with Gasteiger partial charge in [-0.2, -0.15) is 0 Å². The van der Waals surface area contributed by atoms with Gasteiger partial charge in [0.2, 0.25) is 0 Å². The predicted molar refractivity (Wildman–Crippen MR) is 75.5 cm³/mol. The standard InChI is InChI=1S/C10H18N2O6P2/c13-19(14,15)8-12(9-20(16,17)18)7-6-11-10-4-2-1-3-5-10/h1-5,11H,6-9H2,(H2,13,14,15)(H2,16,17,18). The summed E-state index contributed by atoms with van der Waals surface area (Å²) in [5, 5.41) is 3.00. The average molecular weight is 324 g/mol. The Morgan fingerprint density at radius 2 is 1.45 bits per heavy atom. The van der Waals surface area contributed by atoms with Crippen molar-refractivity contribution in [3.8, 4) is 0 Å². The van der Waals surface area contributed by atoms with Gasteiger partial charge in [0.1, 0.15) is 12.6 Å². The van der Waals surface area contributed by atoms with Crippen LogP contribution < -0.4 is 5.32 Å². The zero-order valence-corrected chi connectivity index (χ0v) is 12.5. The van der Waals surface area contributed by atoms with Crippen LogP contribution in [-0.2, 0) is 9.13 Å². The Balaban J connectivity index is 2.52. The van der Waals surface area contributed by atoms with Gasteiger partial charge in [0.25, 0.3) is 0 Å². The van der Waals surface area contributed by atoms with E-state index in [9.17, 15) is 9.13 Å². The molecule has 0 saturated carbocycles. The molecule has 0 aliphatic heterocycles. The van der Waals surface area contributed by atoms with Crippen molar-refractivity contribution in [1.82, 2.24) is 4.90 Å². The summed E-state index contributed by atoms with van der Waals surface area (Å²) in [7, 11) is -8.73. The maximum absolute atomic E-state index is 10.9. The molecule has 0 unspecified atom stereocenters. The largest absolute Gasteiger partial charge is 0.384 e. The van der Waals surface area contributed by atoms with Gasteiger partial charge < -0.3 is 24.9 Å². The van der Waals surface area contributed by atoms with Crippen molar-refractivity contribution in [3.63, 3.8) is 0 Å². The maximum atomic E-state index is 10.9. The van der Waals surface area contributed by atoms with Gasteiger partial charge >= 0.3 is 15.2 Å². The van der Waals surface area contributed by atoms with E-state index in [4.69, 9.17) is 19.6 Å². The van der Waals surface area contributed by atoms with Crippen molar-refractivity contribution in [3.05, 3.63) is 30.3 Å². The fourth-order valence-electron chi connectivity index (χ4n) is 1.62. The molecule has 0 bridgehead atoms. The number of nitrogens with zero attached hydrogens (tertiary/aromatic N) is 1. The van der Waals surface area contributed by atoms with E-state index in [-0.39, 0.29) is 6.54 Å². The molecule has 20 heavy (non-hydrogen) atoms. The second-order valence-corrected chi connectivity index (χ2v) is 7.52. The van der Waals surface area contributed by atoms with Gasteiger partial charge in [-0.25, -0.2) is 0 Å². The molecule has 10 heteroatoms. The SMILES string of the molecule is O=P(O)(O)CN(CCNc1ccccc1)CP(=O)(O)O. The van der Waals surface area contributed by atoms with Crippen LogP contribution in [0.1, 0.15) is 0 Å². The van der Waals surface area contributed by atoms with Gasteiger partial charge in [-0.3, -0.25) is 14.0 Å². The molecule has 0 amide bonds. The Morgan fingerprint density at radius 3 is 1.90 bits per heavy atom. The topological polar surface area (TPSA) is 130 Å². The summed E-state index contributed by atoms with van der Waals surface area (Å²) in [5.41, 5.74) is 0.819. The molecule has 8 nitrogen and oxygen atoms in total. The van der Waals surface area contributed by atoms with Gasteiger partial charge in [0.05, 0.1) is 0 Å². The number of para-hydroxylation sites is 1. The van der Waals surface area contributed by atoms with Gasteiger partial charge in [0.15, 0.2) is 0 Å². The summed E-state index contributed by atoms with van der Waals surface area (Å²) in [5.74, 6) is 0. The van der Waals surface area contributed by atoms with Crippen LogP contribution in [0.2, 0.25) is 0 Å². The molecule has 1 aromatic carbocycles. The molecule has 5 N–H and O–H groups in total. The highest BCUT2D eigenvalue weighted by Crippen LogP contribution is 2.40. The van der Waals surface area contributed by atoms with E-state index in [0.717, 1.165) is 10.6 Å². The lowest BCUT2D eigenvalue weighted by molar-refractivity contribution is 0.283. The van der Waals surface area contributed by atoms with Crippen LogP contribution in [0.3, 0.4) is 0 Å². The first-order valence-electron chi connectivity index (χ1n) is 5.76. The lowest BCUT2D eigenvalue weighted by Gasteiger charge is -2.23. The van der Waals surface area contributed by atoms with Crippen LogP contribution in [0.4, 0.5) is 5.69 Å². The lowest BCUT2D eigenvalue weighted by Crippen LogP contribution is -2.31. The van der Waals surface area contributed by atoms with E-state index in [1.54, 1.807) is 0 Å². The molecule has 0 fully saturated rings. The highest BCUT2D eigenvalue weighted by molar-refractivity contribution is 7.52. The summed E-state index contributed by atoms with van der Waals surface area (Å²) in [6, 6.07) is 9.13. The van der Waals surface area contributed by atoms with Crippen molar-refractivity contribution in [2.75, 3.05) is 31.0 Å². The molecular weight excluding hydrogens is 306 g/mol. The summed E-state index contributed by atoms with van der Waals surface area (Å²) in [4.78, 5) is 36.6. The zero-order valence-electron chi connectivity index (χ0n) is 10.7. The van der Waals surface area contributed by atoms with Crippen LogP contribution >= 0.6 is 15.2 Å². The monoisotopic (exact) mass is 324 g/mol. The minimum atomic E-state index is -4.37. The van der Waals surface area contributed by atoms with Crippen LogP contribution in [-0.4, -0.2) is 50.1 Å². The normalized spacial score (nSPS) is 12.7. The fraction of sp³-hybridized carbons (Fsp3) is 0.400. The Labute approximate surface area is 116 Å². The number of anilines is 1. The molecule has 114 valence electrons. The van der Waals surface area contributed by atoms with Crippen molar-refractivity contribution in [1.29, 1.82) is 0 Å². The Kier molecular flexibility index (Phi) is 6.36. The molecule has 1 rings (SSSR count). The summed E-state index contributed by atoms with van der Waals surface area (Å²) in [6.45, 7) is 0.412. The molecular formula is C10H18N2O6P2. The molecule has 1 aromatic rings. The lowest BCUT2D eigenvalue weighted by atomic mass is 10.3. The van der Waals surface area contributed by atoms with Crippen LogP contribution in [0.25, 0.3) is 0 Å². The van der Waals surface area contributed by atoms with Gasteiger partial charge in [-0.15, -0.1) is 0 Å². The highest BCUT2D eigenvalue weighted by Gasteiger charge is 2.25. The van der Waals surface area contributed by atoms with E-state index >= 15 is 0 Å². The third-order valence-electron chi connectivity index (χ3n) is 2.30. The van der Waals surface area contributed by atoms with E-state index < -0.39 is 27.8 Å². The quantitative estimate of drug-likeness (QED) is 0.441. The van der Waals surface area contributed by atoms with E-state index in [1.807, 2.05) is 30.3 Å². The minimum absolute atomic E-state index is 0.102. The Bertz CT molecular complexity index is 476. The highest BCUT2D eigenvalue weighted by atomic mass is 31.2. The summed E-state index contributed by atoms with van der Waals surface area (Å²) in [6.07, 6.45) is -1.37. The van der Waals surface area contributed by atoms with E-state index in [1.165, 1.54) is 0 Å². The second-order valence-electron chi connectivity index (χ2n) is 4.30. The summed E-state index contributed by atoms with van der Waals surface area (Å²) >= 11 is 0. The predicted octanol–water partition coefficient (Wildman–Crippen LogP) is 0.671. The minimum Gasteiger partial charge on any atom is -0.384 e. The van der Waals surface area contributed by atoms with Gasteiger partial charge in [-0.1, -0.05) is 18.2 Å². The second kappa shape index (κ2) is 7.33. The van der Waals surface area contributed by atoms with E-state index in [2.05, 4.69) is 5.32 Å². The number of nitrogens with one attached hydrogen (secondary N) is 1. The van der Waals surface area contributed by atoms with Crippen molar-refractivity contribution < 1.29 is 28.7 Å². The van der Waals surface area contributed by atoms with Crippen LogP contribution in [0.15, 0.2) is 30.3 Å². The number of hydrogen-bond donors (Lipinski definition) is 5. The molecule has 0 radical (unpaired) electrons. The molecule has 0 aliphatic rings. The van der Waals surface area contributed by atoms with Crippen LogP contribution in [0.5, 0.6) is 0 Å².